The molecule has 0 amide bonds. The summed E-state index contributed by atoms with van der Waals surface area (Å²) >= 11 is 0. The zero-order chi connectivity index (χ0) is 22.9. The molecule has 4 rings (SSSR count). The van der Waals surface area contributed by atoms with Crippen molar-refractivity contribution in [3.05, 3.63) is 29.6 Å². The number of hydrogen-bond donors (Lipinski definition) is 1. The Balaban J connectivity index is 1.56. The van der Waals surface area contributed by atoms with Gasteiger partial charge in [-0.1, -0.05) is 20.8 Å². The molecule has 1 saturated carbocycles. The number of likely N-dealkylation sites (N-methyl/N-ethyl adjacent to an activating group) is 1. The van der Waals surface area contributed by atoms with Gasteiger partial charge in [0.05, 0.1) is 12.1 Å². The molecule has 2 aliphatic rings. The van der Waals surface area contributed by atoms with Crippen molar-refractivity contribution in [2.45, 2.75) is 71.3 Å². The van der Waals surface area contributed by atoms with Gasteiger partial charge in [-0.2, -0.15) is 0 Å². The van der Waals surface area contributed by atoms with Crippen LogP contribution in [0.3, 0.4) is 0 Å². The quantitative estimate of drug-likeness (QED) is 0.671. The number of ketones is 1. The van der Waals surface area contributed by atoms with Gasteiger partial charge in [0.1, 0.15) is 23.9 Å². The van der Waals surface area contributed by atoms with Crippen LogP contribution in [-0.2, 0) is 17.6 Å². The summed E-state index contributed by atoms with van der Waals surface area (Å²) in [6, 6.07) is 3.62. The summed E-state index contributed by atoms with van der Waals surface area (Å²) in [6.07, 6.45) is 7.69. The molecule has 2 aromatic rings. The summed E-state index contributed by atoms with van der Waals surface area (Å²) in [6.45, 7) is 6.85. The van der Waals surface area contributed by atoms with Crippen LogP contribution in [0.5, 0.6) is 5.75 Å². The predicted molar refractivity (Wildman–Crippen MR) is 124 cm³/mol. The maximum Gasteiger partial charge on any atom is 0.180 e. The number of ether oxygens (including phenoxy) is 1. The molecule has 0 radical (unpaired) electrons. The number of aliphatic hydroxyl groups is 1. The first-order valence-corrected chi connectivity index (χ1v) is 11.6. The van der Waals surface area contributed by atoms with Gasteiger partial charge in [-0.15, -0.1) is 0 Å². The highest BCUT2D eigenvalue weighted by atomic mass is 16.5. The van der Waals surface area contributed by atoms with Crippen molar-refractivity contribution in [3.8, 4) is 17.3 Å². The number of nitrogens with zero attached hydrogens (tertiary/aromatic N) is 4. The monoisotopic (exact) mass is 438 g/mol. The van der Waals surface area contributed by atoms with Crippen molar-refractivity contribution in [2.75, 3.05) is 25.1 Å². The van der Waals surface area contributed by atoms with E-state index in [9.17, 15) is 9.90 Å². The first kappa shape index (κ1) is 22.6. The molecule has 2 aromatic heterocycles. The normalized spacial score (nSPS) is 16.9. The molecule has 0 aromatic carbocycles. The Labute approximate surface area is 190 Å². The molecule has 172 valence electrons. The molecule has 0 aliphatic heterocycles. The van der Waals surface area contributed by atoms with Gasteiger partial charge >= 0.3 is 0 Å². The topological polar surface area (TPSA) is 88.4 Å². The summed E-state index contributed by atoms with van der Waals surface area (Å²) in [5.41, 5.74) is 2.07. The average Bonchev–Trinajstić information content (AvgIpc) is 3.17. The van der Waals surface area contributed by atoms with Crippen LogP contribution in [0.25, 0.3) is 11.5 Å². The van der Waals surface area contributed by atoms with Crippen molar-refractivity contribution >= 4 is 11.6 Å². The third-order valence-electron chi connectivity index (χ3n) is 6.17. The summed E-state index contributed by atoms with van der Waals surface area (Å²) in [7, 11) is 1.93. The number of aryl methyl sites for hydroxylation is 1. The Bertz CT molecular complexity index is 995. The van der Waals surface area contributed by atoms with Gasteiger partial charge in [0.2, 0.25) is 0 Å². The molecule has 0 spiro atoms. The first-order valence-electron chi connectivity index (χ1n) is 11.6. The molecule has 0 atom stereocenters. The van der Waals surface area contributed by atoms with Crippen molar-refractivity contribution < 1.29 is 14.6 Å². The average molecular weight is 439 g/mol. The highest BCUT2D eigenvalue weighted by Gasteiger charge is 2.35. The van der Waals surface area contributed by atoms with E-state index < -0.39 is 5.60 Å². The first-order chi connectivity index (χ1) is 15.1. The highest BCUT2D eigenvalue weighted by molar-refractivity contribution is 5.84. The van der Waals surface area contributed by atoms with E-state index in [1.165, 1.54) is 0 Å². The van der Waals surface area contributed by atoms with Crippen LogP contribution in [0.4, 0.5) is 5.82 Å². The number of carbonyl (C=O) groups is 1. The van der Waals surface area contributed by atoms with Crippen molar-refractivity contribution in [1.29, 1.82) is 0 Å². The summed E-state index contributed by atoms with van der Waals surface area (Å²) in [4.78, 5) is 28.6. The van der Waals surface area contributed by atoms with Crippen molar-refractivity contribution in [2.24, 2.45) is 5.41 Å². The second-order valence-corrected chi connectivity index (χ2v) is 10.5. The minimum absolute atomic E-state index is 0.0340. The van der Waals surface area contributed by atoms with E-state index in [1.54, 1.807) is 12.3 Å². The van der Waals surface area contributed by atoms with E-state index in [1.807, 2.05) is 18.0 Å². The number of anilines is 1. The number of hydrogen-bond acceptors (Lipinski definition) is 7. The molecular formula is C25H34N4O3. The predicted octanol–water partition coefficient (Wildman–Crippen LogP) is 3.76. The molecule has 2 aliphatic carbocycles. The lowest BCUT2D eigenvalue weighted by molar-refractivity contribution is -0.119. The molecule has 0 saturated heterocycles. The van der Waals surface area contributed by atoms with Gasteiger partial charge in [-0.3, -0.25) is 9.78 Å². The molecule has 7 nitrogen and oxygen atoms in total. The second kappa shape index (κ2) is 8.77. The standard InChI is InChI=1S/C25H34N4O3/c1-24(2,3)14-17(30)15-29(4)23-19-7-5-8-20(19)27-22(28-23)21-13-18(9-12-26-21)32-16-25(31)10-6-11-25/h9,12-13,31H,5-8,10-11,14-16H2,1-4H3. The summed E-state index contributed by atoms with van der Waals surface area (Å²) < 4.78 is 5.84. The Morgan fingerprint density at radius 3 is 2.69 bits per heavy atom. The van der Waals surface area contributed by atoms with Gasteiger partial charge in [-0.25, -0.2) is 9.97 Å². The zero-order valence-electron chi connectivity index (χ0n) is 19.6. The van der Waals surface area contributed by atoms with Crippen molar-refractivity contribution in [1.82, 2.24) is 15.0 Å². The molecule has 32 heavy (non-hydrogen) atoms. The fraction of sp³-hybridized carbons (Fsp3) is 0.600. The van der Waals surface area contributed by atoms with Gasteiger partial charge in [-0.05, 0) is 50.0 Å². The highest BCUT2D eigenvalue weighted by Crippen LogP contribution is 2.33. The van der Waals surface area contributed by atoms with Crippen molar-refractivity contribution in [3.63, 3.8) is 0 Å². The third kappa shape index (κ3) is 5.26. The van der Waals surface area contributed by atoms with Crippen LogP contribution < -0.4 is 9.64 Å². The van der Waals surface area contributed by atoms with Gasteiger partial charge in [0.25, 0.3) is 0 Å². The number of Topliss-reactive ketones (excluding diaryl/α,β-unsaturated/α-hetero) is 1. The van der Waals surface area contributed by atoms with Gasteiger partial charge < -0.3 is 14.7 Å². The molecule has 1 N–H and O–H groups in total. The molecule has 1 fully saturated rings. The fourth-order valence-corrected chi connectivity index (χ4v) is 4.40. The Hall–Kier alpha value is -2.54. The maximum absolute atomic E-state index is 12.6. The zero-order valence-corrected chi connectivity index (χ0v) is 19.6. The minimum atomic E-state index is -0.705. The van der Waals surface area contributed by atoms with Crippen LogP contribution in [0, 0.1) is 5.41 Å². The van der Waals surface area contributed by atoms with Crippen LogP contribution in [0.15, 0.2) is 18.3 Å². The van der Waals surface area contributed by atoms with Crippen LogP contribution in [0.2, 0.25) is 0 Å². The molecule has 0 unspecified atom stereocenters. The molecule has 0 bridgehead atoms. The maximum atomic E-state index is 12.6. The third-order valence-corrected chi connectivity index (χ3v) is 6.17. The number of carbonyl (C=O) groups excluding carboxylic acids is 1. The number of rotatable bonds is 8. The van der Waals surface area contributed by atoms with E-state index >= 15 is 0 Å². The summed E-state index contributed by atoms with van der Waals surface area (Å²) in [5.74, 6) is 2.22. The van der Waals surface area contributed by atoms with Gasteiger partial charge in [0.15, 0.2) is 11.6 Å². The van der Waals surface area contributed by atoms with E-state index in [2.05, 4.69) is 25.8 Å². The lowest BCUT2D eigenvalue weighted by atomic mass is 9.81. The van der Waals surface area contributed by atoms with E-state index in [0.717, 1.165) is 55.6 Å². The number of aromatic nitrogens is 3. The van der Waals surface area contributed by atoms with Gasteiger partial charge in [0, 0.05) is 37.0 Å². The molecule has 7 heteroatoms. The van der Waals surface area contributed by atoms with Crippen LogP contribution >= 0.6 is 0 Å². The Kier molecular flexibility index (Phi) is 6.21. The lowest BCUT2D eigenvalue weighted by Crippen LogP contribution is -2.42. The Morgan fingerprint density at radius 1 is 1.22 bits per heavy atom. The molecular weight excluding hydrogens is 404 g/mol. The van der Waals surface area contributed by atoms with Crippen LogP contribution in [-0.4, -0.2) is 51.6 Å². The smallest absolute Gasteiger partial charge is 0.180 e. The molecule has 2 heterocycles. The second-order valence-electron chi connectivity index (χ2n) is 10.5. The SMILES string of the molecule is CN(CC(=O)CC(C)(C)C)c1nc(-c2cc(OCC3(O)CCC3)ccn2)nc2c1CCC2. The van der Waals surface area contributed by atoms with E-state index in [-0.39, 0.29) is 17.8 Å². The summed E-state index contributed by atoms with van der Waals surface area (Å²) in [5, 5.41) is 10.3. The fourth-order valence-electron chi connectivity index (χ4n) is 4.40. The Morgan fingerprint density at radius 2 is 2.00 bits per heavy atom. The minimum Gasteiger partial charge on any atom is -0.490 e. The lowest BCUT2D eigenvalue weighted by Gasteiger charge is -2.35. The van der Waals surface area contributed by atoms with Crippen LogP contribution in [0.1, 0.15) is 64.1 Å². The van der Waals surface area contributed by atoms with E-state index in [0.29, 0.717) is 30.2 Å². The van der Waals surface area contributed by atoms with E-state index in [4.69, 9.17) is 14.7 Å². The number of fused-ring (bicyclic) bond motifs is 1. The number of pyridine rings is 1. The largest absolute Gasteiger partial charge is 0.490 e.